The minimum absolute atomic E-state index is 0.0275. The molecule has 0 aromatic heterocycles. The third kappa shape index (κ3) is 6.58. The van der Waals surface area contributed by atoms with Crippen molar-refractivity contribution in [2.24, 2.45) is 17.8 Å². The highest BCUT2D eigenvalue weighted by molar-refractivity contribution is 6.34. The summed E-state index contributed by atoms with van der Waals surface area (Å²) in [4.78, 5) is 46.8. The van der Waals surface area contributed by atoms with E-state index in [4.69, 9.17) is 23.2 Å². The van der Waals surface area contributed by atoms with E-state index in [0.717, 1.165) is 56.0 Å². The van der Waals surface area contributed by atoms with Crippen LogP contribution >= 0.6 is 23.2 Å². The van der Waals surface area contributed by atoms with Crippen LogP contribution in [-0.4, -0.2) is 84.8 Å². The van der Waals surface area contributed by atoms with Gasteiger partial charge in [0.2, 0.25) is 11.8 Å². The van der Waals surface area contributed by atoms with Crippen molar-refractivity contribution in [1.82, 2.24) is 14.7 Å². The predicted molar refractivity (Wildman–Crippen MR) is 164 cm³/mol. The lowest BCUT2D eigenvalue weighted by Crippen LogP contribution is -2.44. The molecule has 0 bridgehead atoms. The number of nitrogens with zero attached hydrogens (tertiary/aromatic N) is 4. The van der Waals surface area contributed by atoms with Crippen molar-refractivity contribution in [3.63, 3.8) is 0 Å². The first-order valence-electron chi connectivity index (χ1n) is 14.7. The second-order valence-electron chi connectivity index (χ2n) is 12.0. The van der Waals surface area contributed by atoms with E-state index < -0.39 is 0 Å². The number of likely N-dealkylation sites (tertiary alicyclic amines) is 3. The van der Waals surface area contributed by atoms with E-state index in [1.807, 2.05) is 64.9 Å². The fourth-order valence-electron chi connectivity index (χ4n) is 6.65. The van der Waals surface area contributed by atoms with Gasteiger partial charge in [-0.2, -0.15) is 0 Å². The molecule has 7 nitrogen and oxygen atoms in total. The van der Waals surface area contributed by atoms with Gasteiger partial charge in [0.25, 0.3) is 5.91 Å². The summed E-state index contributed by atoms with van der Waals surface area (Å²) >= 11 is 12.9. The van der Waals surface area contributed by atoms with Gasteiger partial charge in [0.05, 0.1) is 10.6 Å². The Kier molecular flexibility index (Phi) is 9.27. The molecule has 2 unspecified atom stereocenters. The highest BCUT2D eigenvalue weighted by Gasteiger charge is 2.42. The molecule has 0 radical (unpaired) electrons. The Morgan fingerprint density at radius 2 is 1.59 bits per heavy atom. The fraction of sp³-hybridized carbons (Fsp3) is 0.531. The Labute approximate surface area is 253 Å². The number of piperidine rings is 1. The fourth-order valence-corrected chi connectivity index (χ4v) is 7.03. The van der Waals surface area contributed by atoms with Crippen LogP contribution in [0.4, 0.5) is 5.69 Å². The summed E-state index contributed by atoms with van der Waals surface area (Å²) < 4.78 is 0. The SMILES string of the molecule is CC(=O)N1CCC(C(=O)N(CCCN2CC3CN(C(=O)c4cccc(C)c4Cl)CC3C2)c2ccc(C)c(Cl)c2)CC1. The largest absolute Gasteiger partial charge is 0.343 e. The second-order valence-corrected chi connectivity index (χ2v) is 12.8. The van der Waals surface area contributed by atoms with Crippen LogP contribution < -0.4 is 4.90 Å². The van der Waals surface area contributed by atoms with Gasteiger partial charge < -0.3 is 19.6 Å². The Balaban J connectivity index is 1.17. The van der Waals surface area contributed by atoms with Gasteiger partial charge in [-0.15, -0.1) is 0 Å². The molecule has 3 fully saturated rings. The maximum absolute atomic E-state index is 13.7. The summed E-state index contributed by atoms with van der Waals surface area (Å²) in [6.45, 7) is 11.7. The van der Waals surface area contributed by atoms with E-state index in [9.17, 15) is 14.4 Å². The summed E-state index contributed by atoms with van der Waals surface area (Å²) in [5.41, 5.74) is 3.33. The van der Waals surface area contributed by atoms with Crippen LogP contribution in [0.25, 0.3) is 0 Å². The summed E-state index contributed by atoms with van der Waals surface area (Å²) in [6.07, 6.45) is 2.23. The Hall–Kier alpha value is -2.61. The van der Waals surface area contributed by atoms with Crippen molar-refractivity contribution in [2.75, 3.05) is 57.3 Å². The van der Waals surface area contributed by atoms with Crippen LogP contribution in [-0.2, 0) is 9.59 Å². The van der Waals surface area contributed by atoms with Gasteiger partial charge in [0, 0.05) is 69.4 Å². The van der Waals surface area contributed by atoms with Crippen LogP contribution in [0.5, 0.6) is 0 Å². The van der Waals surface area contributed by atoms with E-state index in [1.165, 1.54) is 0 Å². The van der Waals surface area contributed by atoms with Crippen molar-refractivity contribution < 1.29 is 14.4 Å². The average molecular weight is 600 g/mol. The number of halogens is 2. The molecule has 5 rings (SSSR count). The molecule has 0 spiro atoms. The van der Waals surface area contributed by atoms with Gasteiger partial charge in [-0.1, -0.05) is 41.4 Å². The molecule has 2 aromatic rings. The van der Waals surface area contributed by atoms with Gasteiger partial charge in [-0.3, -0.25) is 14.4 Å². The first-order chi connectivity index (χ1) is 19.6. The molecule has 41 heavy (non-hydrogen) atoms. The first-order valence-corrected chi connectivity index (χ1v) is 15.5. The Morgan fingerprint density at radius 3 is 2.22 bits per heavy atom. The van der Waals surface area contributed by atoms with Gasteiger partial charge in [-0.25, -0.2) is 0 Å². The molecule has 2 atom stereocenters. The van der Waals surface area contributed by atoms with Gasteiger partial charge in [0.1, 0.15) is 0 Å². The maximum Gasteiger partial charge on any atom is 0.255 e. The molecule has 3 aliphatic heterocycles. The number of anilines is 1. The zero-order valence-electron chi connectivity index (χ0n) is 24.2. The van der Waals surface area contributed by atoms with E-state index >= 15 is 0 Å². The van der Waals surface area contributed by atoms with E-state index in [0.29, 0.717) is 59.9 Å². The molecule has 2 aromatic carbocycles. The maximum atomic E-state index is 13.7. The summed E-state index contributed by atoms with van der Waals surface area (Å²) in [5, 5.41) is 1.21. The molecule has 0 saturated carbocycles. The molecular weight excluding hydrogens is 559 g/mol. The van der Waals surface area contributed by atoms with Gasteiger partial charge in [-0.05, 0) is 80.8 Å². The minimum atomic E-state index is -0.0951. The van der Waals surface area contributed by atoms with Crippen molar-refractivity contribution in [1.29, 1.82) is 0 Å². The van der Waals surface area contributed by atoms with Crippen molar-refractivity contribution in [3.05, 3.63) is 63.1 Å². The number of hydrogen-bond donors (Lipinski definition) is 0. The molecule has 3 heterocycles. The molecule has 220 valence electrons. The van der Waals surface area contributed by atoms with Gasteiger partial charge in [0.15, 0.2) is 0 Å². The smallest absolute Gasteiger partial charge is 0.255 e. The third-order valence-electron chi connectivity index (χ3n) is 9.15. The molecular formula is C32H40Cl2N4O3. The molecule has 3 amide bonds. The Bertz CT molecular complexity index is 1300. The first kappa shape index (κ1) is 29.9. The highest BCUT2D eigenvalue weighted by Crippen LogP contribution is 2.34. The lowest BCUT2D eigenvalue weighted by atomic mass is 9.94. The number of rotatable bonds is 7. The van der Waals surface area contributed by atoms with Crippen LogP contribution in [0.15, 0.2) is 36.4 Å². The quantitative estimate of drug-likeness (QED) is 0.434. The number of carbonyl (C=O) groups is 3. The molecule has 3 saturated heterocycles. The van der Waals surface area contributed by atoms with Crippen LogP contribution in [0.2, 0.25) is 10.0 Å². The lowest BCUT2D eigenvalue weighted by Gasteiger charge is -2.34. The molecule has 9 heteroatoms. The van der Waals surface area contributed by atoms with E-state index in [2.05, 4.69) is 4.90 Å². The predicted octanol–water partition coefficient (Wildman–Crippen LogP) is 5.30. The molecule has 0 aliphatic carbocycles. The summed E-state index contributed by atoms with van der Waals surface area (Å²) in [5.74, 6) is 1.04. The van der Waals surface area contributed by atoms with E-state index in [1.54, 1.807) is 6.92 Å². The highest BCUT2D eigenvalue weighted by atomic mass is 35.5. The number of fused-ring (bicyclic) bond motifs is 1. The number of carbonyl (C=O) groups excluding carboxylic acids is 3. The minimum Gasteiger partial charge on any atom is -0.343 e. The third-order valence-corrected chi connectivity index (χ3v) is 10.1. The summed E-state index contributed by atoms with van der Waals surface area (Å²) in [6, 6.07) is 11.5. The zero-order valence-corrected chi connectivity index (χ0v) is 25.8. The van der Waals surface area contributed by atoms with Crippen LogP contribution in [0.1, 0.15) is 47.7 Å². The van der Waals surface area contributed by atoms with Crippen molar-refractivity contribution in [3.8, 4) is 0 Å². The standard InChI is InChI=1S/C32H40Cl2N4O3/c1-21-8-9-27(16-29(21)33)38(31(40)24-10-14-36(15-11-24)23(3)39)13-5-12-35-17-25-19-37(20-26(25)18-35)32(41)28-7-4-6-22(2)30(28)34/h4,6-9,16,24-26H,5,10-15,17-20H2,1-3H3. The number of hydrogen-bond acceptors (Lipinski definition) is 4. The number of benzene rings is 2. The molecule has 3 aliphatic rings. The normalized spacial score (nSPS) is 21.3. The number of amides is 3. The van der Waals surface area contributed by atoms with Crippen molar-refractivity contribution >= 4 is 46.6 Å². The second kappa shape index (κ2) is 12.7. The topological polar surface area (TPSA) is 64.2 Å². The Morgan fingerprint density at radius 1 is 0.902 bits per heavy atom. The van der Waals surface area contributed by atoms with Crippen molar-refractivity contribution in [2.45, 2.75) is 40.0 Å². The van der Waals surface area contributed by atoms with Crippen LogP contribution in [0, 0.1) is 31.6 Å². The van der Waals surface area contributed by atoms with E-state index in [-0.39, 0.29) is 23.6 Å². The lowest BCUT2D eigenvalue weighted by molar-refractivity contribution is -0.133. The zero-order chi connectivity index (χ0) is 29.3. The monoisotopic (exact) mass is 598 g/mol. The summed E-state index contributed by atoms with van der Waals surface area (Å²) in [7, 11) is 0. The number of aryl methyl sites for hydroxylation is 2. The van der Waals surface area contributed by atoms with Crippen LogP contribution in [0.3, 0.4) is 0 Å². The average Bonchev–Trinajstić information content (AvgIpc) is 3.53. The van der Waals surface area contributed by atoms with Gasteiger partial charge >= 0.3 is 0 Å². The molecule has 0 N–H and O–H groups in total.